The van der Waals surface area contributed by atoms with Crippen LogP contribution in [-0.2, 0) is 4.79 Å². The molecule has 2 unspecified atom stereocenters. The van der Waals surface area contributed by atoms with Crippen LogP contribution in [-0.4, -0.2) is 33.9 Å². The number of aliphatic carboxylic acids is 1. The number of hydrogen-bond donors (Lipinski definition) is 2. The Hall–Kier alpha value is -1.17. The van der Waals surface area contributed by atoms with Crippen molar-refractivity contribution in [2.24, 2.45) is 15.9 Å². The minimum Gasteiger partial charge on any atom is -0.477 e. The molecule has 5 nitrogen and oxygen atoms in total. The third-order valence-corrected chi connectivity index (χ3v) is 3.09. The second-order valence-corrected chi connectivity index (χ2v) is 4.21. The van der Waals surface area contributed by atoms with Crippen molar-refractivity contribution >= 4 is 40.6 Å². The van der Waals surface area contributed by atoms with Gasteiger partial charge in [-0.3, -0.25) is 0 Å². The molecule has 0 saturated heterocycles. The van der Waals surface area contributed by atoms with Gasteiger partial charge in [-0.1, -0.05) is 17.7 Å². The summed E-state index contributed by atoms with van der Waals surface area (Å²) in [6, 6.07) is -0.827. The van der Waals surface area contributed by atoms with E-state index in [1.165, 1.54) is 6.08 Å². The highest BCUT2D eigenvalue weighted by Crippen LogP contribution is 2.27. The smallest absolute Gasteiger partial charge is 0.354 e. The topological polar surface area (TPSA) is 88.0 Å². The summed E-state index contributed by atoms with van der Waals surface area (Å²) in [5, 5.41) is 16.0. The van der Waals surface area contributed by atoms with Crippen molar-refractivity contribution in [3.05, 3.63) is 22.8 Å². The van der Waals surface area contributed by atoms with Gasteiger partial charge in [0, 0.05) is 10.6 Å². The lowest BCUT2D eigenvalue weighted by molar-refractivity contribution is -0.129. The molecule has 0 bridgehead atoms. The summed E-state index contributed by atoms with van der Waals surface area (Å²) >= 11 is 11.7. The monoisotopic (exact) mass is 259 g/mol. The number of carboxylic acids is 1. The fourth-order valence-electron chi connectivity index (χ4n) is 1.46. The lowest BCUT2D eigenvalue weighted by atomic mass is 9.93. The zero-order valence-electron chi connectivity index (χ0n) is 7.89. The number of alkyl halides is 1. The van der Waals surface area contributed by atoms with Crippen LogP contribution >= 0.6 is 23.2 Å². The Morgan fingerprint density at radius 3 is 2.81 bits per heavy atom. The average Bonchev–Trinajstić information content (AvgIpc) is 2.21. The largest absolute Gasteiger partial charge is 0.477 e. The lowest BCUT2D eigenvalue weighted by Crippen LogP contribution is -2.42. The highest BCUT2D eigenvalue weighted by atomic mass is 35.5. The Labute approximate surface area is 101 Å². The van der Waals surface area contributed by atoms with Crippen LogP contribution in [0.1, 0.15) is 0 Å². The summed E-state index contributed by atoms with van der Waals surface area (Å²) < 4.78 is 0. The van der Waals surface area contributed by atoms with Crippen LogP contribution in [0.3, 0.4) is 0 Å². The summed E-state index contributed by atoms with van der Waals surface area (Å²) in [4.78, 5) is 10.8. The first-order valence-corrected chi connectivity index (χ1v) is 5.20. The number of hydrogen-bond acceptors (Lipinski definition) is 4. The first-order valence-electron chi connectivity index (χ1n) is 4.38. The molecular formula is C9H7Cl2N3O2. The Balaban J connectivity index is 2.47. The Morgan fingerprint density at radius 2 is 2.19 bits per heavy atom. The Kier molecular flexibility index (Phi) is 2.84. The quantitative estimate of drug-likeness (QED) is 0.686. The van der Waals surface area contributed by atoms with E-state index in [0.29, 0.717) is 16.3 Å². The van der Waals surface area contributed by atoms with Gasteiger partial charge in [-0.2, -0.15) is 5.10 Å². The Morgan fingerprint density at radius 1 is 1.50 bits per heavy atom. The van der Waals surface area contributed by atoms with Crippen molar-refractivity contribution in [3.8, 4) is 0 Å². The summed E-state index contributed by atoms with van der Waals surface area (Å²) in [6.07, 6.45) is 3.13. The van der Waals surface area contributed by atoms with E-state index >= 15 is 0 Å². The highest BCUT2D eigenvalue weighted by Gasteiger charge is 2.31. The molecule has 7 heteroatoms. The van der Waals surface area contributed by atoms with E-state index < -0.39 is 17.4 Å². The lowest BCUT2D eigenvalue weighted by Gasteiger charge is -2.23. The molecule has 1 aliphatic carbocycles. The molecule has 2 aliphatic rings. The van der Waals surface area contributed by atoms with Crippen LogP contribution in [0, 0.1) is 0 Å². The van der Waals surface area contributed by atoms with Crippen LogP contribution in [0.4, 0.5) is 0 Å². The molecule has 0 spiro atoms. The van der Waals surface area contributed by atoms with Gasteiger partial charge in [0.05, 0.1) is 17.1 Å². The summed E-state index contributed by atoms with van der Waals surface area (Å²) in [5.74, 6) is -1.19. The van der Waals surface area contributed by atoms with Gasteiger partial charge in [-0.05, 0) is 6.08 Å². The maximum absolute atomic E-state index is 10.8. The van der Waals surface area contributed by atoms with Crippen molar-refractivity contribution < 1.29 is 9.90 Å². The van der Waals surface area contributed by atoms with Crippen molar-refractivity contribution in [3.63, 3.8) is 0 Å². The number of nitrogens with two attached hydrogens (primary N) is 1. The van der Waals surface area contributed by atoms with Gasteiger partial charge >= 0.3 is 5.97 Å². The first kappa shape index (κ1) is 11.3. The number of carbonyl (C=O) groups is 1. The summed E-state index contributed by atoms with van der Waals surface area (Å²) in [5.41, 5.74) is 6.54. The van der Waals surface area contributed by atoms with Gasteiger partial charge in [0.15, 0.2) is 5.71 Å². The number of rotatable bonds is 1. The zero-order chi connectivity index (χ0) is 11.9. The number of fused-ring (bicyclic) bond motifs is 1. The van der Waals surface area contributed by atoms with E-state index in [0.717, 1.165) is 0 Å². The minimum atomic E-state index is -1.19. The second kappa shape index (κ2) is 4.01. The van der Waals surface area contributed by atoms with Crippen LogP contribution < -0.4 is 5.73 Å². The van der Waals surface area contributed by atoms with E-state index in [4.69, 9.17) is 34.0 Å². The fourth-order valence-corrected chi connectivity index (χ4v) is 1.82. The molecule has 1 heterocycles. The molecule has 16 heavy (non-hydrogen) atoms. The molecule has 3 N–H and O–H groups in total. The molecule has 0 fully saturated rings. The van der Waals surface area contributed by atoms with Gasteiger partial charge in [0.2, 0.25) is 0 Å². The van der Waals surface area contributed by atoms with Crippen molar-refractivity contribution in [1.82, 2.24) is 0 Å². The Bertz CT molecular complexity index is 479. The third kappa shape index (κ3) is 1.77. The average molecular weight is 260 g/mol. The fraction of sp³-hybridized carbons (Fsp3) is 0.222. The predicted molar refractivity (Wildman–Crippen MR) is 62.1 cm³/mol. The van der Waals surface area contributed by atoms with Gasteiger partial charge in [0.25, 0.3) is 0 Å². The van der Waals surface area contributed by atoms with Gasteiger partial charge in [0.1, 0.15) is 0 Å². The van der Waals surface area contributed by atoms with Crippen LogP contribution in [0.15, 0.2) is 33.0 Å². The molecule has 2 atom stereocenters. The molecular weight excluding hydrogens is 253 g/mol. The summed E-state index contributed by atoms with van der Waals surface area (Å²) in [7, 11) is 0. The second-order valence-electron chi connectivity index (χ2n) is 3.31. The number of nitrogens with zero attached hydrogens (tertiary/aromatic N) is 2. The molecule has 0 amide bonds. The van der Waals surface area contributed by atoms with Gasteiger partial charge < -0.3 is 10.8 Å². The standard InChI is InChI=1S/C9H7Cl2N3O2/c10-4-1-3-6(2-5(4)11)13-14-8(7(3)12)9(15)16/h1-2,4,7H,12H2,(H,15,16). The highest BCUT2D eigenvalue weighted by molar-refractivity contribution is 6.44. The zero-order valence-corrected chi connectivity index (χ0v) is 9.40. The van der Waals surface area contributed by atoms with Crippen LogP contribution in [0.25, 0.3) is 0 Å². The maximum atomic E-state index is 10.8. The van der Waals surface area contributed by atoms with E-state index in [-0.39, 0.29) is 5.71 Å². The van der Waals surface area contributed by atoms with Gasteiger partial charge in [-0.25, -0.2) is 4.79 Å². The van der Waals surface area contributed by atoms with E-state index in [9.17, 15) is 4.79 Å². The summed E-state index contributed by atoms with van der Waals surface area (Å²) in [6.45, 7) is 0. The third-order valence-electron chi connectivity index (χ3n) is 2.27. The molecule has 1 aliphatic heterocycles. The molecule has 2 rings (SSSR count). The number of carboxylic acid groups (broad SMARTS) is 1. The molecule has 0 aromatic rings. The molecule has 0 saturated carbocycles. The maximum Gasteiger partial charge on any atom is 0.354 e. The van der Waals surface area contributed by atoms with Gasteiger partial charge in [-0.15, -0.1) is 16.7 Å². The number of allylic oxidation sites excluding steroid dienone is 3. The van der Waals surface area contributed by atoms with Crippen molar-refractivity contribution in [2.75, 3.05) is 0 Å². The van der Waals surface area contributed by atoms with E-state index in [1.807, 2.05) is 0 Å². The molecule has 0 radical (unpaired) electrons. The minimum absolute atomic E-state index is 0.203. The SMILES string of the molecule is NC1C2=CC(Cl)C(Cl)=CC2=NN=C1C(=O)O. The first-order chi connectivity index (χ1) is 7.50. The normalized spacial score (nSPS) is 28.4. The van der Waals surface area contributed by atoms with Crippen LogP contribution in [0.5, 0.6) is 0 Å². The van der Waals surface area contributed by atoms with Crippen molar-refractivity contribution in [2.45, 2.75) is 11.4 Å². The van der Waals surface area contributed by atoms with Crippen molar-refractivity contribution in [1.29, 1.82) is 0 Å². The predicted octanol–water partition coefficient (Wildman–Crippen LogP) is 0.879. The van der Waals surface area contributed by atoms with E-state index in [2.05, 4.69) is 10.2 Å². The molecule has 0 aromatic carbocycles. The molecule has 84 valence electrons. The van der Waals surface area contributed by atoms with Crippen LogP contribution in [0.2, 0.25) is 0 Å². The van der Waals surface area contributed by atoms with E-state index in [1.54, 1.807) is 6.08 Å². The number of halogens is 2. The molecule has 0 aromatic heterocycles.